The molecule has 0 saturated heterocycles. The number of halogens is 2. The number of hydrogen-bond donors (Lipinski definition) is 0. The largest absolute Gasteiger partial charge is 0.420 e. The molecule has 0 amide bonds. The Bertz CT molecular complexity index is 522. The fraction of sp³-hybridized carbons (Fsp3) is 0.923. The molecule has 0 radical (unpaired) electrons. The maximum atomic E-state index is 14.4. The van der Waals surface area contributed by atoms with Crippen molar-refractivity contribution in [2.45, 2.75) is 141 Å². The molecule has 0 heterocycles. The van der Waals surface area contributed by atoms with Crippen LogP contribution in [0.2, 0.25) is 0 Å². The summed E-state index contributed by atoms with van der Waals surface area (Å²) in [6.07, 6.45) is 9.87. The van der Waals surface area contributed by atoms with Crippen molar-refractivity contribution >= 4 is 11.9 Å². The Morgan fingerprint density at radius 3 is 1.62 bits per heavy atom. The summed E-state index contributed by atoms with van der Waals surface area (Å²) < 4.78 is 39.9. The number of carbonyl (C=O) groups excluding carboxylic acids is 2. The number of unbranched alkanes of at least 4 members (excludes halogenated alkanes) is 4. The highest BCUT2D eigenvalue weighted by molar-refractivity contribution is 5.77. The summed E-state index contributed by atoms with van der Waals surface area (Å²) in [5.41, 5.74) is 0. The number of alkyl halides is 2. The average molecular weight is 459 g/mol. The molecular formula is C26H44F2O4. The van der Waals surface area contributed by atoms with Gasteiger partial charge in [-0.3, -0.25) is 0 Å². The summed E-state index contributed by atoms with van der Waals surface area (Å²) in [4.78, 5) is 24.9. The van der Waals surface area contributed by atoms with Crippen molar-refractivity contribution in [2.24, 2.45) is 11.8 Å². The minimum absolute atomic E-state index is 0.101. The Labute approximate surface area is 193 Å². The lowest BCUT2D eigenvalue weighted by molar-refractivity contribution is -0.248. The van der Waals surface area contributed by atoms with E-state index < -0.39 is 30.1 Å². The SMILES string of the molecule is CCCCC[C@H](F)C(=O)OC1(OC(=O)[C@@H](F)CCCCC)CCC(C2CCCCC2)CC1. The van der Waals surface area contributed by atoms with Gasteiger partial charge in [-0.05, 0) is 50.4 Å². The molecule has 186 valence electrons. The maximum absolute atomic E-state index is 14.4. The van der Waals surface area contributed by atoms with Crippen molar-refractivity contribution in [1.29, 1.82) is 0 Å². The summed E-state index contributed by atoms with van der Waals surface area (Å²) in [6.45, 7) is 4.03. The van der Waals surface area contributed by atoms with Crippen LogP contribution in [0, 0.1) is 11.8 Å². The Kier molecular flexibility index (Phi) is 12.0. The monoisotopic (exact) mass is 458 g/mol. The fourth-order valence-corrected chi connectivity index (χ4v) is 5.26. The molecule has 0 bridgehead atoms. The van der Waals surface area contributed by atoms with Gasteiger partial charge < -0.3 is 9.47 Å². The minimum Gasteiger partial charge on any atom is -0.420 e. The van der Waals surface area contributed by atoms with E-state index in [9.17, 15) is 18.4 Å². The zero-order valence-electron chi connectivity index (χ0n) is 20.2. The van der Waals surface area contributed by atoms with Gasteiger partial charge in [-0.25, -0.2) is 18.4 Å². The van der Waals surface area contributed by atoms with Crippen LogP contribution in [0.4, 0.5) is 8.78 Å². The van der Waals surface area contributed by atoms with E-state index in [4.69, 9.17) is 9.47 Å². The molecule has 2 rings (SSSR count). The predicted octanol–water partition coefficient (Wildman–Crippen LogP) is 7.38. The van der Waals surface area contributed by atoms with Gasteiger partial charge in [-0.2, -0.15) is 0 Å². The lowest BCUT2D eigenvalue weighted by Gasteiger charge is -2.42. The number of carbonyl (C=O) groups is 2. The van der Waals surface area contributed by atoms with Crippen LogP contribution < -0.4 is 0 Å². The summed E-state index contributed by atoms with van der Waals surface area (Å²) in [7, 11) is 0. The summed E-state index contributed by atoms with van der Waals surface area (Å²) in [5.74, 6) is -2.34. The highest BCUT2D eigenvalue weighted by Gasteiger charge is 2.46. The second-order valence-corrected chi connectivity index (χ2v) is 9.92. The van der Waals surface area contributed by atoms with Crippen molar-refractivity contribution in [2.75, 3.05) is 0 Å². The molecule has 0 aromatic rings. The second kappa shape index (κ2) is 14.1. The number of ether oxygens (including phenoxy) is 2. The van der Waals surface area contributed by atoms with Gasteiger partial charge in [0.1, 0.15) is 0 Å². The van der Waals surface area contributed by atoms with E-state index in [-0.39, 0.29) is 12.8 Å². The van der Waals surface area contributed by atoms with E-state index in [2.05, 4.69) is 0 Å². The van der Waals surface area contributed by atoms with Crippen molar-refractivity contribution in [1.82, 2.24) is 0 Å². The molecule has 2 aliphatic carbocycles. The molecule has 2 saturated carbocycles. The molecular weight excluding hydrogens is 414 g/mol. The lowest BCUT2D eigenvalue weighted by Crippen LogP contribution is -2.47. The third kappa shape index (κ3) is 8.62. The van der Waals surface area contributed by atoms with Crippen LogP contribution in [0.3, 0.4) is 0 Å². The Balaban J connectivity index is 2.00. The second-order valence-electron chi connectivity index (χ2n) is 9.92. The van der Waals surface area contributed by atoms with Crippen LogP contribution in [-0.2, 0) is 19.1 Å². The van der Waals surface area contributed by atoms with Crippen molar-refractivity contribution in [3.05, 3.63) is 0 Å². The van der Waals surface area contributed by atoms with Crippen LogP contribution in [0.15, 0.2) is 0 Å². The van der Waals surface area contributed by atoms with Gasteiger partial charge in [-0.1, -0.05) is 71.6 Å². The standard InChI is InChI=1S/C26H44F2O4/c1-3-5-8-14-22(27)24(29)31-26(32-25(30)23(28)15-9-6-4-2)18-16-21(17-19-26)20-12-10-7-11-13-20/h20-23H,3-19H2,1-2H3/t22-,23-/m0/s1. The van der Waals surface area contributed by atoms with Gasteiger partial charge in [-0.15, -0.1) is 0 Å². The van der Waals surface area contributed by atoms with Crippen LogP contribution in [0.25, 0.3) is 0 Å². The topological polar surface area (TPSA) is 52.6 Å². The molecule has 2 aliphatic rings. The summed E-state index contributed by atoms with van der Waals surface area (Å²) >= 11 is 0. The molecule has 0 unspecified atom stereocenters. The predicted molar refractivity (Wildman–Crippen MR) is 122 cm³/mol. The molecule has 0 N–H and O–H groups in total. The average Bonchev–Trinajstić information content (AvgIpc) is 2.80. The van der Waals surface area contributed by atoms with E-state index in [1.165, 1.54) is 32.1 Å². The van der Waals surface area contributed by atoms with Crippen LogP contribution in [0.1, 0.15) is 123 Å². The Morgan fingerprint density at radius 2 is 1.19 bits per heavy atom. The van der Waals surface area contributed by atoms with Gasteiger partial charge in [0.25, 0.3) is 5.79 Å². The van der Waals surface area contributed by atoms with E-state index in [1.807, 2.05) is 13.8 Å². The van der Waals surface area contributed by atoms with Crippen LogP contribution in [0.5, 0.6) is 0 Å². The van der Waals surface area contributed by atoms with Gasteiger partial charge in [0.15, 0.2) is 12.3 Å². The van der Waals surface area contributed by atoms with Gasteiger partial charge in [0.05, 0.1) is 0 Å². The van der Waals surface area contributed by atoms with E-state index in [0.29, 0.717) is 37.5 Å². The molecule has 2 fully saturated rings. The molecule has 0 aromatic heterocycles. The Hall–Kier alpha value is -1.20. The highest BCUT2D eigenvalue weighted by atomic mass is 19.1. The van der Waals surface area contributed by atoms with Gasteiger partial charge >= 0.3 is 11.9 Å². The van der Waals surface area contributed by atoms with E-state index >= 15 is 0 Å². The first-order chi connectivity index (χ1) is 15.4. The number of rotatable bonds is 13. The lowest BCUT2D eigenvalue weighted by atomic mass is 9.72. The first kappa shape index (κ1) is 27.0. The third-order valence-corrected chi connectivity index (χ3v) is 7.32. The molecule has 32 heavy (non-hydrogen) atoms. The molecule has 0 aromatic carbocycles. The molecule has 4 nitrogen and oxygen atoms in total. The summed E-state index contributed by atoms with van der Waals surface area (Å²) in [6, 6.07) is 0. The fourth-order valence-electron chi connectivity index (χ4n) is 5.26. The first-order valence-corrected chi connectivity index (χ1v) is 13.1. The summed E-state index contributed by atoms with van der Waals surface area (Å²) in [5, 5.41) is 0. The molecule has 2 atom stereocenters. The molecule has 0 spiro atoms. The van der Waals surface area contributed by atoms with Crippen molar-refractivity contribution in [3.63, 3.8) is 0 Å². The van der Waals surface area contributed by atoms with Gasteiger partial charge in [0.2, 0.25) is 0 Å². The zero-order valence-corrected chi connectivity index (χ0v) is 20.2. The van der Waals surface area contributed by atoms with E-state index in [0.717, 1.165) is 38.5 Å². The molecule has 0 aliphatic heterocycles. The highest BCUT2D eigenvalue weighted by Crippen LogP contribution is 2.43. The maximum Gasteiger partial charge on any atom is 0.343 e. The third-order valence-electron chi connectivity index (χ3n) is 7.32. The van der Waals surface area contributed by atoms with Gasteiger partial charge in [0, 0.05) is 12.8 Å². The number of esters is 2. The van der Waals surface area contributed by atoms with Crippen LogP contribution in [-0.4, -0.2) is 30.1 Å². The van der Waals surface area contributed by atoms with Crippen LogP contribution >= 0.6 is 0 Å². The number of hydrogen-bond acceptors (Lipinski definition) is 4. The van der Waals surface area contributed by atoms with Crippen molar-refractivity contribution in [3.8, 4) is 0 Å². The first-order valence-electron chi connectivity index (χ1n) is 13.1. The smallest absolute Gasteiger partial charge is 0.343 e. The quantitative estimate of drug-likeness (QED) is 0.164. The minimum atomic E-state index is -1.74. The normalized spacial score (nSPS) is 21.6. The zero-order chi connectivity index (χ0) is 23.4. The molecule has 6 heteroatoms. The van der Waals surface area contributed by atoms with E-state index in [1.54, 1.807) is 0 Å². The van der Waals surface area contributed by atoms with Crippen molar-refractivity contribution < 1.29 is 27.8 Å². The Morgan fingerprint density at radius 1 is 0.750 bits per heavy atom.